The first kappa shape index (κ1) is 32.3. The van der Waals surface area contributed by atoms with Crippen LogP contribution in [0, 0.1) is 5.82 Å². The normalized spacial score (nSPS) is 16.1. The zero-order valence-corrected chi connectivity index (χ0v) is 24.9. The van der Waals surface area contributed by atoms with Gasteiger partial charge in [0.2, 0.25) is 0 Å². The Hall–Kier alpha value is -4.65. The molecule has 11 nitrogen and oxygen atoms in total. The lowest BCUT2D eigenvalue weighted by molar-refractivity contribution is -0.136. The molecule has 0 saturated carbocycles. The van der Waals surface area contributed by atoms with E-state index in [9.17, 15) is 23.9 Å². The first-order chi connectivity index (χ1) is 21.1. The van der Waals surface area contributed by atoms with Gasteiger partial charge in [-0.3, -0.25) is 14.6 Å². The van der Waals surface area contributed by atoms with Gasteiger partial charge < -0.3 is 30.5 Å². The Balaban J connectivity index is 0.00000216. The number of carbonyl (C=O) groups is 3. The topological polar surface area (TPSA) is 160 Å². The lowest BCUT2D eigenvalue weighted by atomic mass is 9.90. The third-order valence-electron chi connectivity index (χ3n) is 6.92. The summed E-state index contributed by atoms with van der Waals surface area (Å²) in [5.74, 6) is 3.40. The van der Waals surface area contributed by atoms with Gasteiger partial charge in [0, 0.05) is 17.8 Å². The Morgan fingerprint density at radius 1 is 1.11 bits per heavy atom. The van der Waals surface area contributed by atoms with E-state index in [-0.39, 0.29) is 34.6 Å². The fourth-order valence-electron chi connectivity index (χ4n) is 4.75. The summed E-state index contributed by atoms with van der Waals surface area (Å²) >= 11 is 5.85. The van der Waals surface area contributed by atoms with Crippen LogP contribution in [0.2, 0.25) is 5.02 Å². The standard InChI is InChI=1S/C29H27ClFN5O6.C2H6/c30-21-4-2-5-23(25(21)31)36(33)13-22(32)28(38)35-12-11-19-20(3-1-6-24(19)42-18-14-41-15-18)26(35)27(37)34-17-9-7-16(8-10-17)29(39)40;1-2/h1-10,13,18,26H,11-12,14-15,32-33H2,(H,34,37)(H,39,40);1-2H3/b22-13-;. The Bertz CT molecular complexity index is 1560. The summed E-state index contributed by atoms with van der Waals surface area (Å²) in [4.78, 5) is 40.0. The molecule has 0 bridgehead atoms. The van der Waals surface area contributed by atoms with Gasteiger partial charge in [0.25, 0.3) is 11.8 Å². The SMILES string of the molecule is CC.N/C(=C\N(N)c1cccc(Cl)c1F)C(=O)N1CCc2c(OC3COC3)cccc2C1C(=O)Nc1ccc(C(=O)O)cc1. The van der Waals surface area contributed by atoms with Crippen LogP contribution in [0.15, 0.2) is 72.6 Å². The summed E-state index contributed by atoms with van der Waals surface area (Å²) in [7, 11) is 0. The van der Waals surface area contributed by atoms with Crippen LogP contribution in [0.25, 0.3) is 0 Å². The molecular weight excluding hydrogens is 593 g/mol. The van der Waals surface area contributed by atoms with E-state index in [0.29, 0.717) is 36.6 Å². The second-order valence-electron chi connectivity index (χ2n) is 9.69. The zero-order chi connectivity index (χ0) is 32.0. The first-order valence-corrected chi connectivity index (χ1v) is 14.3. The molecule has 0 spiro atoms. The van der Waals surface area contributed by atoms with E-state index in [1.807, 2.05) is 13.8 Å². The number of nitrogens with zero attached hydrogens (tertiary/aromatic N) is 2. The van der Waals surface area contributed by atoms with E-state index in [1.54, 1.807) is 18.2 Å². The van der Waals surface area contributed by atoms with E-state index in [0.717, 1.165) is 16.8 Å². The number of fused-ring (bicyclic) bond motifs is 1. The molecule has 1 unspecified atom stereocenters. The molecule has 232 valence electrons. The van der Waals surface area contributed by atoms with E-state index >= 15 is 0 Å². The van der Waals surface area contributed by atoms with Crippen LogP contribution in [0.5, 0.6) is 5.75 Å². The number of hydrazine groups is 1. The summed E-state index contributed by atoms with van der Waals surface area (Å²) in [5, 5.41) is 12.6. The molecule has 6 N–H and O–H groups in total. The molecule has 0 aliphatic carbocycles. The number of carboxylic acids is 1. The second kappa shape index (κ2) is 14.2. The average Bonchev–Trinajstić information content (AvgIpc) is 3.00. The molecule has 1 atom stereocenters. The van der Waals surface area contributed by atoms with Crippen LogP contribution < -0.4 is 26.6 Å². The maximum Gasteiger partial charge on any atom is 0.335 e. The molecule has 1 fully saturated rings. The van der Waals surface area contributed by atoms with Crippen molar-refractivity contribution in [1.29, 1.82) is 0 Å². The number of halogens is 2. The highest BCUT2D eigenvalue weighted by Crippen LogP contribution is 2.37. The summed E-state index contributed by atoms with van der Waals surface area (Å²) < 4.78 is 25.8. The monoisotopic (exact) mass is 625 g/mol. The van der Waals surface area contributed by atoms with Crippen LogP contribution >= 0.6 is 11.6 Å². The van der Waals surface area contributed by atoms with Gasteiger partial charge in [0.15, 0.2) is 5.82 Å². The lowest BCUT2D eigenvalue weighted by Gasteiger charge is -2.38. The number of carboxylic acid groups (broad SMARTS) is 1. The molecule has 2 amide bonds. The van der Waals surface area contributed by atoms with Crippen molar-refractivity contribution in [2.75, 3.05) is 30.1 Å². The maximum atomic E-state index is 14.5. The van der Waals surface area contributed by atoms with Crippen molar-refractivity contribution in [3.63, 3.8) is 0 Å². The third-order valence-corrected chi connectivity index (χ3v) is 7.21. The number of hydrogen-bond donors (Lipinski definition) is 4. The molecule has 5 rings (SSSR count). The Kier molecular flexibility index (Phi) is 10.4. The highest BCUT2D eigenvalue weighted by Gasteiger charge is 2.38. The molecule has 13 heteroatoms. The molecule has 2 aliphatic rings. The second-order valence-corrected chi connectivity index (χ2v) is 10.1. The highest BCUT2D eigenvalue weighted by atomic mass is 35.5. The molecular formula is C31H33ClFN5O6. The van der Waals surface area contributed by atoms with Gasteiger partial charge in [0.05, 0.1) is 35.7 Å². The van der Waals surface area contributed by atoms with Crippen molar-refractivity contribution in [3.8, 4) is 5.75 Å². The minimum absolute atomic E-state index is 0.0509. The van der Waals surface area contributed by atoms with Crippen LogP contribution in [0.1, 0.15) is 41.4 Å². The van der Waals surface area contributed by atoms with E-state index in [1.165, 1.54) is 47.4 Å². The third kappa shape index (κ3) is 6.94. The Morgan fingerprint density at radius 3 is 2.43 bits per heavy atom. The predicted molar refractivity (Wildman–Crippen MR) is 164 cm³/mol. The molecule has 44 heavy (non-hydrogen) atoms. The molecule has 1 saturated heterocycles. The molecule has 3 aromatic carbocycles. The number of ether oxygens (including phenoxy) is 2. The highest BCUT2D eigenvalue weighted by molar-refractivity contribution is 6.31. The minimum atomic E-state index is -1.14. The fourth-order valence-corrected chi connectivity index (χ4v) is 4.92. The van der Waals surface area contributed by atoms with Crippen LogP contribution in [-0.2, 0) is 20.7 Å². The predicted octanol–water partition coefficient (Wildman–Crippen LogP) is 4.23. The van der Waals surface area contributed by atoms with Crippen LogP contribution in [-0.4, -0.2) is 53.7 Å². The van der Waals surface area contributed by atoms with Gasteiger partial charge in [-0.25, -0.2) is 15.0 Å². The first-order valence-electron chi connectivity index (χ1n) is 13.9. The van der Waals surface area contributed by atoms with Crippen molar-refractivity contribution < 1.29 is 33.4 Å². The number of anilines is 2. The van der Waals surface area contributed by atoms with Crippen molar-refractivity contribution in [1.82, 2.24) is 4.90 Å². The van der Waals surface area contributed by atoms with Gasteiger partial charge in [-0.05, 0) is 54.4 Å². The van der Waals surface area contributed by atoms with Gasteiger partial charge in [0.1, 0.15) is 23.6 Å². The van der Waals surface area contributed by atoms with E-state index < -0.39 is 29.6 Å². The van der Waals surface area contributed by atoms with Gasteiger partial charge in [-0.2, -0.15) is 0 Å². The molecule has 0 aromatic heterocycles. The molecule has 2 heterocycles. The number of nitrogens with one attached hydrogen (secondary N) is 1. The quantitative estimate of drug-likeness (QED) is 0.163. The zero-order valence-electron chi connectivity index (χ0n) is 24.1. The number of nitrogens with two attached hydrogens (primary N) is 2. The Labute approximate surface area is 258 Å². The van der Waals surface area contributed by atoms with E-state index in [4.69, 9.17) is 32.7 Å². The maximum absolute atomic E-state index is 14.5. The number of amides is 2. The number of carbonyl (C=O) groups excluding carboxylic acids is 2. The van der Waals surface area contributed by atoms with Crippen LogP contribution in [0.3, 0.4) is 0 Å². The van der Waals surface area contributed by atoms with Crippen molar-refractivity contribution in [2.45, 2.75) is 32.4 Å². The van der Waals surface area contributed by atoms with Crippen LogP contribution in [0.4, 0.5) is 15.8 Å². The number of hydrogen-bond acceptors (Lipinski definition) is 8. The van der Waals surface area contributed by atoms with Crippen molar-refractivity contribution in [2.24, 2.45) is 11.6 Å². The van der Waals surface area contributed by atoms with Gasteiger partial charge in [-0.15, -0.1) is 0 Å². The fraction of sp³-hybridized carbons (Fsp3) is 0.258. The molecule has 2 aliphatic heterocycles. The number of rotatable bonds is 8. The number of benzene rings is 3. The Morgan fingerprint density at radius 2 is 1.80 bits per heavy atom. The van der Waals surface area contributed by atoms with Gasteiger partial charge in [-0.1, -0.05) is 43.6 Å². The van der Waals surface area contributed by atoms with Gasteiger partial charge >= 0.3 is 5.97 Å². The smallest absolute Gasteiger partial charge is 0.335 e. The summed E-state index contributed by atoms with van der Waals surface area (Å²) in [5.41, 5.74) is 7.37. The summed E-state index contributed by atoms with van der Waals surface area (Å²) in [6.07, 6.45) is 1.31. The number of aromatic carboxylic acids is 1. The van der Waals surface area contributed by atoms with E-state index in [2.05, 4.69) is 5.32 Å². The lowest BCUT2D eigenvalue weighted by Crippen LogP contribution is -2.47. The van der Waals surface area contributed by atoms with Crippen molar-refractivity contribution >= 4 is 40.8 Å². The molecule has 3 aromatic rings. The summed E-state index contributed by atoms with van der Waals surface area (Å²) in [6, 6.07) is 13.9. The average molecular weight is 626 g/mol. The minimum Gasteiger partial charge on any atom is -0.485 e. The largest absolute Gasteiger partial charge is 0.485 e. The van der Waals surface area contributed by atoms with Crippen molar-refractivity contribution in [3.05, 3.63) is 100 Å². The molecule has 0 radical (unpaired) electrons. The summed E-state index contributed by atoms with van der Waals surface area (Å²) in [6.45, 7) is 5.01.